The Morgan fingerprint density at radius 2 is 1.92 bits per heavy atom. The Bertz CT molecular complexity index is 795. The monoisotopic (exact) mass is 349 g/mol. The second-order valence-corrected chi connectivity index (χ2v) is 5.80. The van der Waals surface area contributed by atoms with Crippen LogP contribution in [0, 0.1) is 0 Å². The van der Waals surface area contributed by atoms with Crippen molar-refractivity contribution in [2.45, 2.75) is 26.2 Å². The van der Waals surface area contributed by atoms with E-state index >= 15 is 0 Å². The van der Waals surface area contributed by atoms with Crippen LogP contribution >= 0.6 is 0 Å². The van der Waals surface area contributed by atoms with Crippen molar-refractivity contribution >= 4 is 5.97 Å². The van der Waals surface area contributed by atoms with E-state index in [1.807, 2.05) is 6.07 Å². The van der Waals surface area contributed by atoms with Crippen LogP contribution in [-0.4, -0.2) is 29.7 Å². The van der Waals surface area contributed by atoms with Crippen LogP contribution in [0.15, 0.2) is 36.4 Å². The minimum atomic E-state index is -2.92. The third-order valence-corrected chi connectivity index (χ3v) is 4.09. The van der Waals surface area contributed by atoms with E-state index < -0.39 is 12.6 Å². The summed E-state index contributed by atoms with van der Waals surface area (Å²) in [6.45, 7) is -1.12. The Kier molecular flexibility index (Phi) is 4.85. The first-order valence-electron chi connectivity index (χ1n) is 7.65. The Balaban J connectivity index is 1.74. The zero-order valence-electron chi connectivity index (χ0n) is 13.5. The number of carbonyl (C=O) groups is 1. The van der Waals surface area contributed by atoms with Crippen LogP contribution in [0.2, 0.25) is 0 Å². The molecule has 0 saturated carbocycles. The number of carboxylic acids is 1. The van der Waals surface area contributed by atoms with Gasteiger partial charge in [-0.05, 0) is 41.0 Å². The number of methoxy groups -OCH3 is 1. The molecule has 25 heavy (non-hydrogen) atoms. The molecule has 2 aromatic rings. The molecule has 1 N–H and O–H groups in total. The van der Waals surface area contributed by atoms with Crippen LogP contribution in [0.3, 0.4) is 0 Å². The summed E-state index contributed by atoms with van der Waals surface area (Å²) in [5.74, 6) is -0.704. The quantitative estimate of drug-likeness (QED) is 0.865. The van der Waals surface area contributed by atoms with Crippen molar-refractivity contribution in [2.75, 3.05) is 7.11 Å². The maximum absolute atomic E-state index is 12.5. The molecule has 0 aliphatic carbocycles. The number of hydrogen-bond acceptors (Lipinski definition) is 4. The van der Waals surface area contributed by atoms with Crippen LogP contribution in [-0.2, 0) is 19.6 Å². The molecule has 1 aliphatic rings. The largest absolute Gasteiger partial charge is 0.493 e. The molecule has 5 nitrogen and oxygen atoms in total. The van der Waals surface area contributed by atoms with Gasteiger partial charge in [0.2, 0.25) is 0 Å². The number of benzene rings is 2. The molecule has 0 amide bonds. The molecule has 0 unspecified atom stereocenters. The molecule has 2 aromatic carbocycles. The number of ether oxygens (including phenoxy) is 2. The fourth-order valence-electron chi connectivity index (χ4n) is 2.98. The van der Waals surface area contributed by atoms with E-state index in [-0.39, 0.29) is 17.1 Å². The SMILES string of the molecule is COc1ccc(CN2Cc3ccc(C(=O)O)cc3C2)cc1OC(F)F. The molecule has 1 aliphatic heterocycles. The normalized spacial score (nSPS) is 13.8. The van der Waals surface area contributed by atoms with Crippen molar-refractivity contribution in [2.24, 2.45) is 0 Å². The third-order valence-electron chi connectivity index (χ3n) is 4.09. The van der Waals surface area contributed by atoms with Crippen LogP contribution in [0.4, 0.5) is 8.78 Å². The average molecular weight is 349 g/mol. The minimum Gasteiger partial charge on any atom is -0.493 e. The first kappa shape index (κ1) is 17.2. The van der Waals surface area contributed by atoms with Gasteiger partial charge in [-0.3, -0.25) is 4.90 Å². The second kappa shape index (κ2) is 7.06. The molecular weight excluding hydrogens is 332 g/mol. The first-order chi connectivity index (χ1) is 12.0. The molecule has 1 heterocycles. The highest BCUT2D eigenvalue weighted by Crippen LogP contribution is 2.31. The van der Waals surface area contributed by atoms with Crippen LogP contribution in [0.5, 0.6) is 11.5 Å². The summed E-state index contributed by atoms with van der Waals surface area (Å²) in [6.07, 6.45) is 0. The van der Waals surface area contributed by atoms with Gasteiger partial charge < -0.3 is 14.6 Å². The van der Waals surface area contributed by atoms with Crippen LogP contribution in [0.1, 0.15) is 27.0 Å². The summed E-state index contributed by atoms with van der Waals surface area (Å²) in [6, 6.07) is 10.0. The van der Waals surface area contributed by atoms with Gasteiger partial charge in [-0.1, -0.05) is 12.1 Å². The Morgan fingerprint density at radius 1 is 1.16 bits per heavy atom. The highest BCUT2D eigenvalue weighted by atomic mass is 19.3. The van der Waals surface area contributed by atoms with Gasteiger partial charge in [0.25, 0.3) is 0 Å². The number of aromatic carboxylic acids is 1. The van der Waals surface area contributed by atoms with Crippen molar-refractivity contribution in [3.05, 3.63) is 58.7 Å². The predicted octanol–water partition coefficient (Wildman–Crippen LogP) is 3.51. The molecule has 0 atom stereocenters. The second-order valence-electron chi connectivity index (χ2n) is 5.80. The van der Waals surface area contributed by atoms with E-state index in [1.165, 1.54) is 13.2 Å². The van der Waals surface area contributed by atoms with E-state index in [9.17, 15) is 13.6 Å². The lowest BCUT2D eigenvalue weighted by Gasteiger charge is -2.17. The van der Waals surface area contributed by atoms with Gasteiger partial charge in [0.1, 0.15) is 0 Å². The lowest BCUT2D eigenvalue weighted by Crippen LogP contribution is -2.15. The van der Waals surface area contributed by atoms with Gasteiger partial charge in [0, 0.05) is 19.6 Å². The molecule has 0 bridgehead atoms. The van der Waals surface area contributed by atoms with E-state index in [0.29, 0.717) is 19.6 Å². The van der Waals surface area contributed by atoms with Crippen molar-refractivity contribution in [3.8, 4) is 11.5 Å². The summed E-state index contributed by atoms with van der Waals surface area (Å²) in [5.41, 5.74) is 3.11. The lowest BCUT2D eigenvalue weighted by molar-refractivity contribution is -0.0512. The Morgan fingerprint density at radius 3 is 2.60 bits per heavy atom. The number of fused-ring (bicyclic) bond motifs is 1. The van der Waals surface area contributed by atoms with Gasteiger partial charge in [-0.2, -0.15) is 8.78 Å². The molecule has 7 heteroatoms. The first-order valence-corrected chi connectivity index (χ1v) is 7.65. The summed E-state index contributed by atoms with van der Waals surface area (Å²) in [5, 5.41) is 9.07. The number of nitrogens with zero attached hydrogens (tertiary/aromatic N) is 1. The zero-order valence-corrected chi connectivity index (χ0v) is 13.5. The maximum atomic E-state index is 12.5. The standard InChI is InChI=1S/C18H17F2NO4/c1-24-15-5-2-11(6-16(15)25-18(19)20)8-21-9-13-4-3-12(17(22)23)7-14(13)10-21/h2-7,18H,8-10H2,1H3,(H,22,23). The number of rotatable bonds is 6. The van der Waals surface area contributed by atoms with E-state index in [4.69, 9.17) is 9.84 Å². The molecule has 132 valence electrons. The number of halogens is 2. The Labute approximate surface area is 143 Å². The van der Waals surface area contributed by atoms with E-state index in [2.05, 4.69) is 9.64 Å². The van der Waals surface area contributed by atoms with Crippen LogP contribution in [0.25, 0.3) is 0 Å². The highest BCUT2D eigenvalue weighted by Gasteiger charge is 2.21. The molecule has 0 fully saturated rings. The zero-order chi connectivity index (χ0) is 18.0. The van der Waals surface area contributed by atoms with E-state index in [1.54, 1.807) is 24.3 Å². The van der Waals surface area contributed by atoms with Crippen molar-refractivity contribution in [3.63, 3.8) is 0 Å². The number of alkyl halides is 2. The molecule has 0 aromatic heterocycles. The molecular formula is C18H17F2NO4. The van der Waals surface area contributed by atoms with E-state index in [0.717, 1.165) is 16.7 Å². The van der Waals surface area contributed by atoms with Crippen molar-refractivity contribution in [1.82, 2.24) is 4.90 Å². The maximum Gasteiger partial charge on any atom is 0.387 e. The minimum absolute atomic E-state index is 0.000116. The molecule has 3 rings (SSSR count). The highest BCUT2D eigenvalue weighted by molar-refractivity contribution is 5.87. The van der Waals surface area contributed by atoms with Gasteiger partial charge in [-0.15, -0.1) is 0 Å². The van der Waals surface area contributed by atoms with Gasteiger partial charge in [-0.25, -0.2) is 4.79 Å². The smallest absolute Gasteiger partial charge is 0.387 e. The summed E-state index contributed by atoms with van der Waals surface area (Å²) < 4.78 is 34.6. The van der Waals surface area contributed by atoms with Gasteiger partial charge in [0.15, 0.2) is 11.5 Å². The Hall–Kier alpha value is -2.67. The fourth-order valence-corrected chi connectivity index (χ4v) is 2.98. The van der Waals surface area contributed by atoms with Gasteiger partial charge in [0.05, 0.1) is 12.7 Å². The number of carboxylic acid groups (broad SMARTS) is 1. The molecule has 0 radical (unpaired) electrons. The lowest BCUT2D eigenvalue weighted by atomic mass is 10.1. The molecule has 0 spiro atoms. The van der Waals surface area contributed by atoms with Crippen LogP contribution < -0.4 is 9.47 Å². The topological polar surface area (TPSA) is 59.0 Å². The predicted molar refractivity (Wildman–Crippen MR) is 86.0 cm³/mol. The van der Waals surface area contributed by atoms with Crippen molar-refractivity contribution < 1.29 is 28.2 Å². The summed E-state index contributed by atoms with van der Waals surface area (Å²) in [4.78, 5) is 13.2. The summed E-state index contributed by atoms with van der Waals surface area (Å²) in [7, 11) is 1.39. The van der Waals surface area contributed by atoms with Crippen molar-refractivity contribution in [1.29, 1.82) is 0 Å². The number of hydrogen-bond donors (Lipinski definition) is 1. The average Bonchev–Trinajstić information content (AvgIpc) is 2.95. The fraction of sp³-hybridized carbons (Fsp3) is 0.278. The molecule has 0 saturated heterocycles. The third kappa shape index (κ3) is 3.88. The summed E-state index contributed by atoms with van der Waals surface area (Å²) >= 11 is 0. The van der Waals surface area contributed by atoms with Gasteiger partial charge >= 0.3 is 12.6 Å².